The number of allylic oxidation sites excluding steroid dienone is 4. The molecular formula is C11H21Cl2O2SiZr. The minimum absolute atomic E-state index is 0. The van der Waals surface area contributed by atoms with E-state index < -0.39 is 8.56 Å². The fourth-order valence-electron chi connectivity index (χ4n) is 1.09. The fourth-order valence-corrected chi connectivity index (χ4v) is 2.59. The van der Waals surface area contributed by atoms with E-state index in [0.717, 1.165) is 6.42 Å². The summed E-state index contributed by atoms with van der Waals surface area (Å²) in [6, 6.07) is 0. The molecule has 1 aliphatic carbocycles. The largest absolute Gasteiger partial charge is 3.00 e. The van der Waals surface area contributed by atoms with Crippen LogP contribution < -0.4 is 24.8 Å². The van der Waals surface area contributed by atoms with Crippen LogP contribution in [0.3, 0.4) is 0 Å². The van der Waals surface area contributed by atoms with Gasteiger partial charge in [0.15, 0.2) is 0 Å². The molecule has 6 heteroatoms. The van der Waals surface area contributed by atoms with Crippen molar-refractivity contribution in [1.82, 2.24) is 0 Å². The van der Waals surface area contributed by atoms with Crippen molar-refractivity contribution in [3.8, 4) is 0 Å². The maximum atomic E-state index is 9.27. The van der Waals surface area contributed by atoms with Gasteiger partial charge in [-0.05, 0) is 33.9 Å². The summed E-state index contributed by atoms with van der Waals surface area (Å²) in [5, 5.41) is 0. The first kappa shape index (κ1) is 26.6. The van der Waals surface area contributed by atoms with Crippen LogP contribution in [0.5, 0.6) is 0 Å². The Kier molecular flexibility index (Phi) is 19.0. The average molecular weight is 376 g/mol. The Balaban J connectivity index is -0.0000000921. The molecule has 0 amide bonds. The molecule has 99 valence electrons. The standard InChI is InChI=1S/C6H16O2Si.C5H5.2ClH.Zr/c1-6(2,3)8-9(4,5)7;1-2-4-5-3-1;;;/h7H,1-5H3;1-3H,4H2;2*1H;/q;-1;;;+3/p-2. The summed E-state index contributed by atoms with van der Waals surface area (Å²) in [6.45, 7) is 9.35. The second kappa shape index (κ2) is 12.1. The number of halogens is 2. The molecule has 0 spiro atoms. The molecule has 0 saturated heterocycles. The molecular weight excluding hydrogens is 354 g/mol. The van der Waals surface area contributed by atoms with Crippen LogP contribution >= 0.6 is 0 Å². The zero-order chi connectivity index (χ0) is 11.2. The first-order valence-electron chi connectivity index (χ1n) is 4.85. The van der Waals surface area contributed by atoms with E-state index in [1.165, 1.54) is 0 Å². The van der Waals surface area contributed by atoms with E-state index >= 15 is 0 Å². The van der Waals surface area contributed by atoms with Crippen LogP contribution in [-0.4, -0.2) is 19.0 Å². The summed E-state index contributed by atoms with van der Waals surface area (Å²) in [5.74, 6) is 0. The van der Waals surface area contributed by atoms with Gasteiger partial charge >= 0.3 is 34.8 Å². The fraction of sp³-hybridized carbons (Fsp3) is 0.636. The smallest absolute Gasteiger partial charge is 1.00 e. The summed E-state index contributed by atoms with van der Waals surface area (Å²) in [6.07, 6.45) is 10.0. The van der Waals surface area contributed by atoms with E-state index in [4.69, 9.17) is 4.43 Å². The first-order valence-corrected chi connectivity index (χ1v) is 7.70. The van der Waals surface area contributed by atoms with E-state index in [-0.39, 0.29) is 56.6 Å². The van der Waals surface area contributed by atoms with E-state index in [9.17, 15) is 4.80 Å². The van der Waals surface area contributed by atoms with Gasteiger partial charge in [0.2, 0.25) is 0 Å². The van der Waals surface area contributed by atoms with Gasteiger partial charge in [-0.15, -0.1) is 6.42 Å². The quantitative estimate of drug-likeness (QED) is 0.387. The third kappa shape index (κ3) is 26.6. The van der Waals surface area contributed by atoms with Gasteiger partial charge in [0, 0.05) is 0 Å². The topological polar surface area (TPSA) is 29.5 Å². The van der Waals surface area contributed by atoms with E-state index in [1.54, 1.807) is 13.1 Å². The molecule has 0 bridgehead atoms. The predicted octanol–water partition coefficient (Wildman–Crippen LogP) is -3.19. The van der Waals surface area contributed by atoms with Crippen LogP contribution in [0.1, 0.15) is 27.2 Å². The second-order valence-electron chi connectivity index (χ2n) is 4.66. The van der Waals surface area contributed by atoms with Crippen molar-refractivity contribution in [3.63, 3.8) is 0 Å². The molecule has 0 saturated carbocycles. The average Bonchev–Trinajstić information content (AvgIpc) is 2.29. The molecule has 1 radical (unpaired) electrons. The van der Waals surface area contributed by atoms with E-state index in [2.05, 4.69) is 12.2 Å². The van der Waals surface area contributed by atoms with Gasteiger partial charge in [-0.2, -0.15) is 6.08 Å². The molecule has 0 heterocycles. The molecule has 1 rings (SSSR count). The second-order valence-corrected chi connectivity index (χ2v) is 7.76. The summed E-state index contributed by atoms with van der Waals surface area (Å²) in [7, 11) is -2.29. The van der Waals surface area contributed by atoms with Crippen molar-refractivity contribution < 1.29 is 60.2 Å². The molecule has 0 aliphatic heterocycles. The Hall–Kier alpha value is 1.08. The van der Waals surface area contributed by atoms with Gasteiger partial charge in [-0.1, -0.05) is 0 Å². The SMILES string of the molecule is CC(C)(C)O[Si](C)(C)O.[C-]1=CC=CC1.[Cl-].[Cl-].[Zr+3]. The van der Waals surface area contributed by atoms with Crippen LogP contribution in [0, 0.1) is 6.08 Å². The Morgan fingerprint density at radius 2 is 1.71 bits per heavy atom. The van der Waals surface area contributed by atoms with E-state index in [0.29, 0.717) is 0 Å². The van der Waals surface area contributed by atoms with Crippen molar-refractivity contribution in [2.45, 2.75) is 45.9 Å². The van der Waals surface area contributed by atoms with Gasteiger partial charge in [0.25, 0.3) is 0 Å². The van der Waals surface area contributed by atoms with Crippen molar-refractivity contribution in [2.75, 3.05) is 0 Å². The number of rotatable bonds is 1. The molecule has 0 aromatic carbocycles. The van der Waals surface area contributed by atoms with Gasteiger partial charge < -0.3 is 34.0 Å². The zero-order valence-electron chi connectivity index (χ0n) is 11.1. The molecule has 0 aromatic heterocycles. The molecule has 2 nitrogen and oxygen atoms in total. The van der Waals surface area contributed by atoms with Crippen LogP contribution in [0.25, 0.3) is 0 Å². The van der Waals surface area contributed by atoms with Gasteiger partial charge in [-0.25, -0.2) is 12.2 Å². The van der Waals surface area contributed by atoms with Gasteiger partial charge in [0.05, 0.1) is 5.60 Å². The van der Waals surface area contributed by atoms with Crippen LogP contribution in [0.15, 0.2) is 18.2 Å². The van der Waals surface area contributed by atoms with Gasteiger partial charge in [0.1, 0.15) is 0 Å². The number of hydrogen-bond donors (Lipinski definition) is 1. The maximum absolute atomic E-state index is 9.27. The summed E-state index contributed by atoms with van der Waals surface area (Å²) in [4.78, 5) is 9.27. The normalized spacial score (nSPS) is 12.6. The Morgan fingerprint density at radius 1 is 1.24 bits per heavy atom. The van der Waals surface area contributed by atoms with Crippen molar-refractivity contribution >= 4 is 8.56 Å². The van der Waals surface area contributed by atoms with Crippen LogP contribution in [0.4, 0.5) is 0 Å². The molecule has 0 aromatic rings. The first-order chi connectivity index (χ1) is 6.21. The molecule has 0 atom stereocenters. The van der Waals surface area contributed by atoms with Gasteiger partial charge in [-0.3, -0.25) is 6.08 Å². The monoisotopic (exact) mass is 373 g/mol. The summed E-state index contributed by atoms with van der Waals surface area (Å²) < 4.78 is 5.32. The van der Waals surface area contributed by atoms with Crippen molar-refractivity contribution in [1.29, 1.82) is 0 Å². The molecule has 0 unspecified atom stereocenters. The zero-order valence-corrected chi connectivity index (χ0v) is 16.0. The Morgan fingerprint density at radius 3 is 1.76 bits per heavy atom. The third-order valence-corrected chi connectivity index (χ3v) is 2.25. The summed E-state index contributed by atoms with van der Waals surface area (Å²) in [5.41, 5.74) is -0.204. The predicted molar refractivity (Wildman–Crippen MR) is 62.1 cm³/mol. The Bertz CT molecular complexity index is 198. The van der Waals surface area contributed by atoms with Crippen LogP contribution in [-0.2, 0) is 30.6 Å². The molecule has 1 aliphatic rings. The van der Waals surface area contributed by atoms with Crippen LogP contribution in [0.2, 0.25) is 13.1 Å². The van der Waals surface area contributed by atoms with E-state index in [1.807, 2.05) is 32.9 Å². The van der Waals surface area contributed by atoms with Crippen molar-refractivity contribution in [2.24, 2.45) is 0 Å². The maximum Gasteiger partial charge on any atom is 3.00 e. The number of hydrogen-bond acceptors (Lipinski definition) is 2. The molecule has 1 N–H and O–H groups in total. The van der Waals surface area contributed by atoms with Crippen molar-refractivity contribution in [3.05, 3.63) is 24.3 Å². The minimum Gasteiger partial charge on any atom is -1.00 e. The Labute approximate surface area is 138 Å². The minimum atomic E-state index is -2.29. The molecule has 17 heavy (non-hydrogen) atoms. The third-order valence-electron chi connectivity index (χ3n) is 1.14. The molecule has 0 fully saturated rings. The summed E-state index contributed by atoms with van der Waals surface area (Å²) >= 11 is 0.